The van der Waals surface area contributed by atoms with Gasteiger partial charge in [-0.1, -0.05) is 25.8 Å². The Kier molecular flexibility index (Phi) is 6.35. The number of hydrogen-bond donors (Lipinski definition) is 2. The van der Waals surface area contributed by atoms with Crippen LogP contribution in [0, 0.1) is 0 Å². The van der Waals surface area contributed by atoms with Crippen molar-refractivity contribution >= 4 is 17.5 Å². The first-order valence-electron chi connectivity index (χ1n) is 7.75. The maximum atomic E-state index is 12.1. The van der Waals surface area contributed by atoms with Crippen LogP contribution in [0.25, 0.3) is 0 Å². The molecule has 2 aromatic rings. The summed E-state index contributed by atoms with van der Waals surface area (Å²) in [7, 11) is 1.61. The van der Waals surface area contributed by atoms with E-state index in [-0.39, 0.29) is 5.91 Å². The normalized spacial score (nSPS) is 10.2. The van der Waals surface area contributed by atoms with Gasteiger partial charge in [-0.15, -0.1) is 0 Å². The third-order valence-corrected chi connectivity index (χ3v) is 3.28. The zero-order valence-electron chi connectivity index (χ0n) is 13.5. The number of rotatable bonds is 8. The van der Waals surface area contributed by atoms with E-state index in [0.29, 0.717) is 18.2 Å². The lowest BCUT2D eigenvalue weighted by molar-refractivity contribution is 0.0948. The summed E-state index contributed by atoms with van der Waals surface area (Å²) in [5.41, 5.74) is 1.15. The molecule has 0 radical (unpaired) electrons. The van der Waals surface area contributed by atoms with Crippen LogP contribution in [-0.2, 0) is 0 Å². The highest BCUT2D eigenvalue weighted by molar-refractivity contribution is 5.92. The van der Waals surface area contributed by atoms with Gasteiger partial charge >= 0.3 is 0 Å². The molecule has 0 aliphatic heterocycles. The first-order valence-corrected chi connectivity index (χ1v) is 7.75. The van der Waals surface area contributed by atoms with Crippen LogP contribution in [0.1, 0.15) is 36.7 Å². The third-order valence-electron chi connectivity index (χ3n) is 3.28. The number of anilines is 2. The topological polar surface area (TPSA) is 76.1 Å². The molecule has 0 saturated heterocycles. The van der Waals surface area contributed by atoms with E-state index < -0.39 is 0 Å². The molecular weight excluding hydrogens is 292 g/mol. The summed E-state index contributed by atoms with van der Waals surface area (Å²) in [5.74, 6) is 0.927. The molecule has 0 aliphatic carbocycles. The monoisotopic (exact) mass is 314 g/mol. The fourth-order valence-electron chi connectivity index (χ4n) is 2.04. The standard InChI is InChI=1S/C17H22N4O2/c1-3-4-5-10-18-16(22)15-9-11-19-17(21-15)20-13-7-6-8-14(12-13)23-2/h6-9,11-12H,3-5,10H2,1-2H3,(H,18,22)(H,19,20,21). The second-order valence-corrected chi connectivity index (χ2v) is 5.09. The van der Waals surface area contributed by atoms with Crippen LogP contribution in [0.4, 0.5) is 11.6 Å². The highest BCUT2D eigenvalue weighted by Gasteiger charge is 2.08. The molecule has 1 aromatic carbocycles. The maximum absolute atomic E-state index is 12.1. The number of benzene rings is 1. The number of methoxy groups -OCH3 is 1. The summed E-state index contributed by atoms with van der Waals surface area (Å²) in [6.07, 6.45) is 4.77. The molecule has 0 fully saturated rings. The number of carbonyl (C=O) groups is 1. The molecule has 2 rings (SSSR count). The Hall–Kier alpha value is -2.63. The van der Waals surface area contributed by atoms with E-state index in [1.807, 2.05) is 24.3 Å². The van der Waals surface area contributed by atoms with Gasteiger partial charge in [0.05, 0.1) is 7.11 Å². The van der Waals surface area contributed by atoms with Gasteiger partial charge < -0.3 is 15.4 Å². The van der Waals surface area contributed by atoms with Crippen molar-refractivity contribution in [2.24, 2.45) is 0 Å². The lowest BCUT2D eigenvalue weighted by Crippen LogP contribution is -2.25. The van der Waals surface area contributed by atoms with Gasteiger partial charge in [0.15, 0.2) is 0 Å². The molecule has 0 unspecified atom stereocenters. The lowest BCUT2D eigenvalue weighted by atomic mass is 10.2. The number of hydrogen-bond acceptors (Lipinski definition) is 5. The van der Waals surface area contributed by atoms with Crippen LogP contribution >= 0.6 is 0 Å². The fourth-order valence-corrected chi connectivity index (χ4v) is 2.04. The van der Waals surface area contributed by atoms with Gasteiger partial charge in [-0.05, 0) is 24.6 Å². The summed E-state index contributed by atoms with van der Waals surface area (Å²) in [5, 5.41) is 5.93. The Labute approximate surface area is 136 Å². The minimum absolute atomic E-state index is 0.183. The summed E-state index contributed by atoms with van der Waals surface area (Å²) < 4.78 is 5.17. The Bertz CT molecular complexity index is 646. The number of aromatic nitrogens is 2. The van der Waals surface area contributed by atoms with Gasteiger partial charge in [0.2, 0.25) is 5.95 Å². The van der Waals surface area contributed by atoms with Gasteiger partial charge in [0, 0.05) is 24.5 Å². The Balaban J connectivity index is 2.00. The zero-order valence-corrected chi connectivity index (χ0v) is 13.5. The smallest absolute Gasteiger partial charge is 0.270 e. The van der Waals surface area contributed by atoms with E-state index in [9.17, 15) is 4.79 Å². The molecule has 0 spiro atoms. The van der Waals surface area contributed by atoms with Crippen LogP contribution in [0.2, 0.25) is 0 Å². The first kappa shape index (κ1) is 16.7. The average Bonchev–Trinajstić information content (AvgIpc) is 2.59. The van der Waals surface area contributed by atoms with Crippen molar-refractivity contribution in [2.75, 3.05) is 19.0 Å². The second kappa shape index (κ2) is 8.73. The van der Waals surface area contributed by atoms with Crippen LogP contribution in [0.3, 0.4) is 0 Å². The highest BCUT2D eigenvalue weighted by atomic mass is 16.5. The zero-order chi connectivity index (χ0) is 16.5. The van der Waals surface area contributed by atoms with Crippen LogP contribution in [-0.4, -0.2) is 29.5 Å². The molecule has 23 heavy (non-hydrogen) atoms. The number of nitrogens with zero attached hydrogens (tertiary/aromatic N) is 2. The number of unbranched alkanes of at least 4 members (excludes halogenated alkanes) is 2. The molecule has 0 saturated carbocycles. The molecule has 0 aliphatic rings. The second-order valence-electron chi connectivity index (χ2n) is 5.09. The minimum Gasteiger partial charge on any atom is -0.497 e. The van der Waals surface area contributed by atoms with Crippen molar-refractivity contribution < 1.29 is 9.53 Å². The summed E-state index contributed by atoms with van der Waals surface area (Å²) in [4.78, 5) is 20.5. The van der Waals surface area contributed by atoms with E-state index in [1.165, 1.54) is 0 Å². The molecule has 1 heterocycles. The molecule has 122 valence electrons. The quantitative estimate of drug-likeness (QED) is 0.732. The molecule has 1 aromatic heterocycles. The summed E-state index contributed by atoms with van der Waals surface area (Å²) in [6, 6.07) is 9.04. The molecular formula is C17H22N4O2. The van der Waals surface area contributed by atoms with Crippen molar-refractivity contribution in [2.45, 2.75) is 26.2 Å². The van der Waals surface area contributed by atoms with Gasteiger partial charge in [-0.25, -0.2) is 9.97 Å². The number of carbonyl (C=O) groups excluding carboxylic acids is 1. The number of ether oxygens (including phenoxy) is 1. The third kappa shape index (κ3) is 5.25. The molecule has 0 bridgehead atoms. The van der Waals surface area contributed by atoms with E-state index in [2.05, 4.69) is 27.5 Å². The SMILES string of the molecule is CCCCCNC(=O)c1ccnc(Nc2cccc(OC)c2)n1. The van der Waals surface area contributed by atoms with Crippen molar-refractivity contribution in [3.05, 3.63) is 42.2 Å². The number of nitrogens with one attached hydrogen (secondary N) is 2. The summed E-state index contributed by atoms with van der Waals surface area (Å²) >= 11 is 0. The van der Waals surface area contributed by atoms with E-state index in [4.69, 9.17) is 4.74 Å². The van der Waals surface area contributed by atoms with Crippen LogP contribution in [0.5, 0.6) is 5.75 Å². The predicted molar refractivity (Wildman–Crippen MR) is 90.2 cm³/mol. The summed E-state index contributed by atoms with van der Waals surface area (Å²) in [6.45, 7) is 2.79. The fraction of sp³-hybridized carbons (Fsp3) is 0.353. The van der Waals surface area contributed by atoms with Crippen molar-refractivity contribution in [1.82, 2.24) is 15.3 Å². The van der Waals surface area contributed by atoms with Gasteiger partial charge in [-0.3, -0.25) is 4.79 Å². The van der Waals surface area contributed by atoms with E-state index in [0.717, 1.165) is 30.7 Å². The van der Waals surface area contributed by atoms with Crippen molar-refractivity contribution in [1.29, 1.82) is 0 Å². The Morgan fingerprint density at radius 1 is 1.26 bits per heavy atom. The maximum Gasteiger partial charge on any atom is 0.270 e. The van der Waals surface area contributed by atoms with Gasteiger partial charge in [0.1, 0.15) is 11.4 Å². The number of amides is 1. The van der Waals surface area contributed by atoms with Gasteiger partial charge in [-0.2, -0.15) is 0 Å². The van der Waals surface area contributed by atoms with Crippen LogP contribution < -0.4 is 15.4 Å². The molecule has 1 amide bonds. The lowest BCUT2D eigenvalue weighted by Gasteiger charge is -2.08. The average molecular weight is 314 g/mol. The Morgan fingerprint density at radius 2 is 2.13 bits per heavy atom. The minimum atomic E-state index is -0.183. The Morgan fingerprint density at radius 3 is 2.91 bits per heavy atom. The molecule has 6 heteroatoms. The van der Waals surface area contributed by atoms with E-state index in [1.54, 1.807) is 19.4 Å². The van der Waals surface area contributed by atoms with Crippen LogP contribution in [0.15, 0.2) is 36.5 Å². The van der Waals surface area contributed by atoms with Gasteiger partial charge in [0.25, 0.3) is 5.91 Å². The molecule has 2 N–H and O–H groups in total. The first-order chi connectivity index (χ1) is 11.2. The molecule has 0 atom stereocenters. The highest BCUT2D eigenvalue weighted by Crippen LogP contribution is 2.19. The van der Waals surface area contributed by atoms with E-state index >= 15 is 0 Å². The predicted octanol–water partition coefficient (Wildman–Crippen LogP) is 3.15. The largest absolute Gasteiger partial charge is 0.497 e. The molecule has 6 nitrogen and oxygen atoms in total. The van der Waals surface area contributed by atoms with Crippen molar-refractivity contribution in [3.63, 3.8) is 0 Å². The van der Waals surface area contributed by atoms with Crippen molar-refractivity contribution in [3.8, 4) is 5.75 Å².